The van der Waals surface area contributed by atoms with Gasteiger partial charge >= 0.3 is 0 Å². The van der Waals surface area contributed by atoms with E-state index in [1.165, 1.54) is 6.42 Å². The smallest absolute Gasteiger partial charge is 0.150 e. The van der Waals surface area contributed by atoms with Crippen LogP contribution in [0.1, 0.15) is 31.1 Å². The topological polar surface area (TPSA) is 27.1 Å². The van der Waals surface area contributed by atoms with Gasteiger partial charge in [-0.2, -0.15) is 5.10 Å². The average molecular weight is 176 g/mol. The molecule has 1 saturated heterocycles. The van der Waals surface area contributed by atoms with Crippen molar-refractivity contribution in [1.29, 1.82) is 0 Å². The molecule has 0 aromatic carbocycles. The van der Waals surface area contributed by atoms with E-state index in [-0.39, 0.29) is 6.23 Å². The van der Waals surface area contributed by atoms with E-state index >= 15 is 0 Å². The summed E-state index contributed by atoms with van der Waals surface area (Å²) in [4.78, 5) is 0. The third-order valence-corrected chi connectivity index (χ3v) is 2.22. The molecule has 0 aliphatic carbocycles. The van der Waals surface area contributed by atoms with E-state index in [1.807, 2.05) is 10.9 Å². The molecule has 1 aliphatic rings. The average Bonchev–Trinajstić information content (AvgIpc) is 2.67. The number of hydrogen-bond donors (Lipinski definition) is 0. The minimum absolute atomic E-state index is 0.0934. The molecule has 3 heteroatoms. The molecular weight excluding hydrogens is 164 g/mol. The summed E-state index contributed by atoms with van der Waals surface area (Å²) in [5.74, 6) is 2.55. The Labute approximate surface area is 77.7 Å². The quantitative estimate of drug-likeness (QED) is 0.607. The Morgan fingerprint density at radius 2 is 2.54 bits per heavy atom. The van der Waals surface area contributed by atoms with Crippen LogP contribution < -0.4 is 0 Å². The highest BCUT2D eigenvalue weighted by molar-refractivity contribution is 5.26. The number of terminal acetylenes is 1. The first-order valence-corrected chi connectivity index (χ1v) is 4.52. The molecule has 3 nitrogen and oxygen atoms in total. The lowest BCUT2D eigenvalue weighted by Crippen LogP contribution is -2.18. The van der Waals surface area contributed by atoms with E-state index in [9.17, 15) is 0 Å². The molecule has 0 N–H and O–H groups in total. The summed E-state index contributed by atoms with van der Waals surface area (Å²) in [6.07, 6.45) is 12.3. The van der Waals surface area contributed by atoms with Crippen LogP contribution in [0.4, 0.5) is 0 Å². The molecule has 1 atom stereocenters. The second-order valence-electron chi connectivity index (χ2n) is 3.17. The lowest BCUT2D eigenvalue weighted by molar-refractivity contribution is -0.0394. The first kappa shape index (κ1) is 8.33. The van der Waals surface area contributed by atoms with Crippen molar-refractivity contribution in [2.45, 2.75) is 25.5 Å². The normalized spacial score (nSPS) is 22.5. The van der Waals surface area contributed by atoms with E-state index in [1.54, 1.807) is 6.20 Å². The van der Waals surface area contributed by atoms with Crippen molar-refractivity contribution in [2.24, 2.45) is 0 Å². The van der Waals surface area contributed by atoms with Crippen molar-refractivity contribution in [1.82, 2.24) is 9.78 Å². The maximum atomic E-state index is 5.55. The lowest BCUT2D eigenvalue weighted by atomic mass is 10.2. The molecule has 0 saturated carbocycles. The largest absolute Gasteiger partial charge is 0.357 e. The molecule has 0 bridgehead atoms. The van der Waals surface area contributed by atoms with Gasteiger partial charge in [-0.15, -0.1) is 6.42 Å². The van der Waals surface area contributed by atoms with Gasteiger partial charge in [-0.05, 0) is 19.3 Å². The SMILES string of the molecule is C#Cc1cnn(C2CCCCO2)c1. The lowest BCUT2D eigenvalue weighted by Gasteiger charge is -2.22. The fourth-order valence-corrected chi connectivity index (χ4v) is 1.50. The number of aromatic nitrogens is 2. The van der Waals surface area contributed by atoms with Crippen LogP contribution in [0.25, 0.3) is 0 Å². The third kappa shape index (κ3) is 1.73. The van der Waals surface area contributed by atoms with Crippen LogP contribution in [-0.2, 0) is 4.74 Å². The van der Waals surface area contributed by atoms with Crippen molar-refractivity contribution in [3.63, 3.8) is 0 Å². The fourth-order valence-electron chi connectivity index (χ4n) is 1.50. The van der Waals surface area contributed by atoms with Crippen LogP contribution in [0, 0.1) is 12.3 Å². The zero-order valence-electron chi connectivity index (χ0n) is 7.44. The van der Waals surface area contributed by atoms with Gasteiger partial charge in [0, 0.05) is 12.8 Å². The molecule has 68 valence electrons. The minimum Gasteiger partial charge on any atom is -0.357 e. The van der Waals surface area contributed by atoms with Crippen LogP contribution in [-0.4, -0.2) is 16.4 Å². The Balaban J connectivity index is 2.11. The summed E-state index contributed by atoms with van der Waals surface area (Å²) in [5.41, 5.74) is 0.814. The summed E-state index contributed by atoms with van der Waals surface area (Å²) in [7, 11) is 0. The number of rotatable bonds is 1. The Morgan fingerprint density at radius 1 is 1.62 bits per heavy atom. The van der Waals surface area contributed by atoms with Crippen molar-refractivity contribution >= 4 is 0 Å². The molecule has 0 spiro atoms. The van der Waals surface area contributed by atoms with Gasteiger partial charge in [-0.1, -0.05) is 5.92 Å². The molecule has 1 aliphatic heterocycles. The van der Waals surface area contributed by atoms with E-state index in [2.05, 4.69) is 11.0 Å². The summed E-state index contributed by atoms with van der Waals surface area (Å²) in [6.45, 7) is 0.829. The molecule has 2 rings (SSSR count). The third-order valence-electron chi connectivity index (χ3n) is 2.22. The first-order chi connectivity index (χ1) is 6.40. The number of nitrogens with zero attached hydrogens (tertiary/aromatic N) is 2. The van der Waals surface area contributed by atoms with E-state index < -0.39 is 0 Å². The maximum Gasteiger partial charge on any atom is 0.150 e. The van der Waals surface area contributed by atoms with Crippen LogP contribution in [0.15, 0.2) is 12.4 Å². The molecule has 0 amide bonds. The Bertz CT molecular complexity index is 318. The molecule has 13 heavy (non-hydrogen) atoms. The van der Waals surface area contributed by atoms with E-state index in [4.69, 9.17) is 11.2 Å². The highest BCUT2D eigenvalue weighted by Crippen LogP contribution is 2.21. The zero-order chi connectivity index (χ0) is 9.10. The van der Waals surface area contributed by atoms with E-state index in [0.717, 1.165) is 25.0 Å². The van der Waals surface area contributed by atoms with Gasteiger partial charge in [0.15, 0.2) is 0 Å². The van der Waals surface area contributed by atoms with Gasteiger partial charge in [-0.3, -0.25) is 0 Å². The van der Waals surface area contributed by atoms with Gasteiger partial charge < -0.3 is 4.74 Å². The van der Waals surface area contributed by atoms with Gasteiger partial charge in [-0.25, -0.2) is 4.68 Å². The van der Waals surface area contributed by atoms with E-state index in [0.29, 0.717) is 0 Å². The predicted molar refractivity (Wildman–Crippen MR) is 49.0 cm³/mol. The molecule has 1 aromatic heterocycles. The van der Waals surface area contributed by atoms with Crippen LogP contribution in [0.3, 0.4) is 0 Å². The molecule has 0 radical (unpaired) electrons. The first-order valence-electron chi connectivity index (χ1n) is 4.52. The van der Waals surface area contributed by atoms with Crippen LogP contribution in [0.5, 0.6) is 0 Å². The van der Waals surface area contributed by atoms with Crippen molar-refractivity contribution in [2.75, 3.05) is 6.61 Å². The van der Waals surface area contributed by atoms with Crippen molar-refractivity contribution in [3.05, 3.63) is 18.0 Å². The highest BCUT2D eigenvalue weighted by Gasteiger charge is 2.15. The molecule has 1 aromatic rings. The minimum atomic E-state index is 0.0934. The molecular formula is C10H12N2O. The molecule has 2 heterocycles. The van der Waals surface area contributed by atoms with Gasteiger partial charge in [0.25, 0.3) is 0 Å². The second kappa shape index (κ2) is 3.63. The van der Waals surface area contributed by atoms with Gasteiger partial charge in [0.1, 0.15) is 6.23 Å². The van der Waals surface area contributed by atoms with Crippen molar-refractivity contribution < 1.29 is 4.74 Å². The number of hydrogen-bond acceptors (Lipinski definition) is 2. The Kier molecular flexibility index (Phi) is 2.33. The standard InChI is InChI=1S/C10H12N2O/c1-2-9-7-11-12(8-9)10-5-3-4-6-13-10/h1,7-8,10H,3-6H2. The maximum absolute atomic E-state index is 5.55. The molecule has 1 fully saturated rings. The number of ether oxygens (including phenoxy) is 1. The van der Waals surface area contributed by atoms with Gasteiger partial charge in [0.05, 0.1) is 11.8 Å². The van der Waals surface area contributed by atoms with Crippen LogP contribution in [0.2, 0.25) is 0 Å². The van der Waals surface area contributed by atoms with Gasteiger partial charge in [0.2, 0.25) is 0 Å². The summed E-state index contributed by atoms with van der Waals surface area (Å²) < 4.78 is 7.37. The monoisotopic (exact) mass is 176 g/mol. The Hall–Kier alpha value is -1.27. The zero-order valence-corrected chi connectivity index (χ0v) is 7.44. The Morgan fingerprint density at radius 3 is 3.15 bits per heavy atom. The fraction of sp³-hybridized carbons (Fsp3) is 0.500. The predicted octanol–water partition coefficient (Wildman–Crippen LogP) is 1.56. The van der Waals surface area contributed by atoms with Crippen molar-refractivity contribution in [3.8, 4) is 12.3 Å². The van der Waals surface area contributed by atoms with Crippen LogP contribution >= 0.6 is 0 Å². The highest BCUT2D eigenvalue weighted by atomic mass is 16.5. The molecule has 1 unspecified atom stereocenters. The summed E-state index contributed by atoms with van der Waals surface area (Å²) >= 11 is 0. The second-order valence-corrected chi connectivity index (χ2v) is 3.17. The summed E-state index contributed by atoms with van der Waals surface area (Å²) in [5, 5.41) is 4.16. The summed E-state index contributed by atoms with van der Waals surface area (Å²) in [6, 6.07) is 0.